The molecule has 2 aromatic heterocycles. The molecular weight excluding hydrogens is 216 g/mol. The molecular formula is C12H12N4O. The highest BCUT2D eigenvalue weighted by atomic mass is 16.5. The number of ether oxygens (including phenoxy) is 1. The fourth-order valence-electron chi connectivity index (χ4n) is 2.04. The molecule has 0 bridgehead atoms. The number of methoxy groups -OCH3 is 1. The number of anilines is 1. The molecule has 0 atom stereocenters. The number of fused-ring (bicyclic) bond motifs is 3. The smallest absolute Gasteiger partial charge is 0.222 e. The van der Waals surface area contributed by atoms with Crippen molar-refractivity contribution < 1.29 is 4.74 Å². The third kappa shape index (κ3) is 1.32. The minimum absolute atomic E-state index is 0.366. The lowest BCUT2D eigenvalue weighted by molar-refractivity contribution is 0.419. The van der Waals surface area contributed by atoms with Gasteiger partial charge in [-0.15, -0.1) is 0 Å². The first-order chi connectivity index (χ1) is 8.20. The van der Waals surface area contributed by atoms with Crippen LogP contribution in [-0.4, -0.2) is 21.7 Å². The highest BCUT2D eigenvalue weighted by Gasteiger charge is 2.11. The lowest BCUT2D eigenvalue weighted by Crippen LogP contribution is -2.03. The highest BCUT2D eigenvalue weighted by molar-refractivity contribution is 5.97. The summed E-state index contributed by atoms with van der Waals surface area (Å²) >= 11 is 0. The van der Waals surface area contributed by atoms with Gasteiger partial charge in [0.2, 0.25) is 5.95 Å². The van der Waals surface area contributed by atoms with Gasteiger partial charge in [-0.3, -0.25) is 0 Å². The summed E-state index contributed by atoms with van der Waals surface area (Å²) in [5, 5.41) is 5.29. The van der Waals surface area contributed by atoms with Crippen LogP contribution in [0.4, 0.5) is 5.95 Å². The van der Waals surface area contributed by atoms with Crippen molar-refractivity contribution in [2.45, 2.75) is 6.92 Å². The van der Waals surface area contributed by atoms with Gasteiger partial charge < -0.3 is 10.5 Å². The van der Waals surface area contributed by atoms with Gasteiger partial charge in [0.25, 0.3) is 0 Å². The monoisotopic (exact) mass is 228 g/mol. The largest absolute Gasteiger partial charge is 0.494 e. The van der Waals surface area contributed by atoms with Crippen molar-refractivity contribution in [3.63, 3.8) is 0 Å². The van der Waals surface area contributed by atoms with Crippen molar-refractivity contribution >= 4 is 22.4 Å². The summed E-state index contributed by atoms with van der Waals surface area (Å²) in [7, 11) is 1.62. The van der Waals surface area contributed by atoms with E-state index in [0.29, 0.717) is 5.95 Å². The molecule has 17 heavy (non-hydrogen) atoms. The molecule has 0 saturated heterocycles. The number of nitrogens with two attached hydrogens (primary N) is 1. The zero-order valence-corrected chi connectivity index (χ0v) is 9.64. The number of hydrogen-bond donors (Lipinski definition) is 1. The minimum Gasteiger partial charge on any atom is -0.494 e. The molecule has 5 nitrogen and oxygen atoms in total. The van der Waals surface area contributed by atoms with E-state index in [0.717, 1.165) is 27.9 Å². The summed E-state index contributed by atoms with van der Waals surface area (Å²) in [4.78, 5) is 4.34. The minimum atomic E-state index is 0.366. The van der Waals surface area contributed by atoms with Crippen LogP contribution < -0.4 is 10.5 Å². The second-order valence-electron chi connectivity index (χ2n) is 3.91. The van der Waals surface area contributed by atoms with E-state index in [4.69, 9.17) is 10.5 Å². The maximum Gasteiger partial charge on any atom is 0.222 e. The Hall–Kier alpha value is -2.30. The first kappa shape index (κ1) is 9.89. The molecule has 0 unspecified atom stereocenters. The van der Waals surface area contributed by atoms with Crippen molar-refractivity contribution in [3.8, 4) is 5.75 Å². The molecule has 0 spiro atoms. The number of benzene rings is 1. The van der Waals surface area contributed by atoms with Crippen LogP contribution in [-0.2, 0) is 0 Å². The molecule has 3 aromatic rings. The van der Waals surface area contributed by atoms with Crippen molar-refractivity contribution in [3.05, 3.63) is 30.0 Å². The van der Waals surface area contributed by atoms with Crippen molar-refractivity contribution in [1.29, 1.82) is 0 Å². The van der Waals surface area contributed by atoms with Crippen molar-refractivity contribution in [2.75, 3.05) is 12.8 Å². The Labute approximate surface area is 97.8 Å². The van der Waals surface area contributed by atoms with Gasteiger partial charge in [0.05, 0.1) is 18.3 Å². The fourth-order valence-corrected chi connectivity index (χ4v) is 2.04. The number of nitrogens with zero attached hydrogens (tertiary/aromatic N) is 3. The van der Waals surface area contributed by atoms with E-state index < -0.39 is 0 Å². The average Bonchev–Trinajstić information content (AvgIpc) is 2.71. The van der Waals surface area contributed by atoms with Crippen LogP contribution >= 0.6 is 0 Å². The third-order valence-corrected chi connectivity index (χ3v) is 2.77. The Morgan fingerprint density at radius 1 is 1.35 bits per heavy atom. The van der Waals surface area contributed by atoms with Crippen molar-refractivity contribution in [1.82, 2.24) is 14.6 Å². The Balaban J connectivity index is 2.56. The number of aromatic nitrogens is 3. The highest BCUT2D eigenvalue weighted by Crippen LogP contribution is 2.28. The summed E-state index contributed by atoms with van der Waals surface area (Å²) in [6.07, 6.45) is 0. The van der Waals surface area contributed by atoms with Crippen LogP contribution in [0, 0.1) is 6.92 Å². The van der Waals surface area contributed by atoms with Gasteiger partial charge in [0.1, 0.15) is 11.3 Å². The van der Waals surface area contributed by atoms with Gasteiger partial charge in [-0.2, -0.15) is 9.61 Å². The van der Waals surface area contributed by atoms with Gasteiger partial charge in [-0.05, 0) is 19.1 Å². The molecule has 0 aliphatic rings. The average molecular weight is 228 g/mol. The predicted molar refractivity (Wildman–Crippen MR) is 66.2 cm³/mol. The van der Waals surface area contributed by atoms with E-state index in [1.54, 1.807) is 11.6 Å². The van der Waals surface area contributed by atoms with E-state index >= 15 is 0 Å². The molecule has 5 heteroatoms. The molecule has 1 aromatic carbocycles. The Kier molecular flexibility index (Phi) is 1.95. The van der Waals surface area contributed by atoms with Crippen LogP contribution in [0.2, 0.25) is 0 Å². The second-order valence-corrected chi connectivity index (χ2v) is 3.91. The predicted octanol–water partition coefficient (Wildman–Crippen LogP) is 1.78. The molecule has 0 aliphatic heterocycles. The van der Waals surface area contributed by atoms with E-state index in [2.05, 4.69) is 10.1 Å². The Morgan fingerprint density at radius 3 is 2.94 bits per heavy atom. The zero-order valence-electron chi connectivity index (χ0n) is 9.64. The van der Waals surface area contributed by atoms with Crippen LogP contribution in [0.1, 0.15) is 5.69 Å². The second kappa shape index (κ2) is 3.35. The number of rotatable bonds is 1. The number of nitrogen functional groups attached to an aromatic ring is 1. The van der Waals surface area contributed by atoms with E-state index in [9.17, 15) is 0 Å². The molecule has 0 amide bonds. The zero-order chi connectivity index (χ0) is 12.0. The number of para-hydroxylation sites is 1. The summed E-state index contributed by atoms with van der Waals surface area (Å²) in [6.45, 7) is 1.93. The first-order valence-corrected chi connectivity index (χ1v) is 5.29. The van der Waals surface area contributed by atoms with Gasteiger partial charge in [0.15, 0.2) is 0 Å². The van der Waals surface area contributed by atoms with Crippen LogP contribution in [0.3, 0.4) is 0 Å². The summed E-state index contributed by atoms with van der Waals surface area (Å²) in [5.41, 5.74) is 8.52. The van der Waals surface area contributed by atoms with Gasteiger partial charge in [0, 0.05) is 5.39 Å². The molecule has 86 valence electrons. The molecule has 0 aliphatic carbocycles. The van der Waals surface area contributed by atoms with Gasteiger partial charge in [-0.25, -0.2) is 4.98 Å². The Morgan fingerprint density at radius 2 is 2.18 bits per heavy atom. The lowest BCUT2D eigenvalue weighted by atomic mass is 10.2. The van der Waals surface area contributed by atoms with Crippen molar-refractivity contribution in [2.24, 2.45) is 0 Å². The maximum absolute atomic E-state index is 5.89. The molecule has 0 saturated carbocycles. The quantitative estimate of drug-likeness (QED) is 0.689. The molecule has 0 radical (unpaired) electrons. The molecule has 2 N–H and O–H groups in total. The molecule has 3 rings (SSSR count). The Bertz CT molecular complexity index is 717. The van der Waals surface area contributed by atoms with Gasteiger partial charge in [-0.1, -0.05) is 12.1 Å². The van der Waals surface area contributed by atoms with Crippen LogP contribution in [0.25, 0.3) is 16.4 Å². The maximum atomic E-state index is 5.89. The third-order valence-electron chi connectivity index (χ3n) is 2.77. The van der Waals surface area contributed by atoms with E-state index in [1.165, 1.54) is 0 Å². The summed E-state index contributed by atoms with van der Waals surface area (Å²) in [5.74, 6) is 1.08. The topological polar surface area (TPSA) is 65.4 Å². The summed E-state index contributed by atoms with van der Waals surface area (Å²) < 4.78 is 6.94. The van der Waals surface area contributed by atoms with Gasteiger partial charge >= 0.3 is 0 Å². The standard InChI is InChI=1S/C12H12N4O/c1-7-6-9-8-4-3-5-10(17-2)11(8)14-12(13)16(9)15-7/h3-6H,1-2H3,(H2,13,14). The van der Waals surface area contributed by atoms with E-state index in [-0.39, 0.29) is 0 Å². The lowest BCUT2D eigenvalue weighted by Gasteiger charge is -2.07. The fraction of sp³-hybridized carbons (Fsp3) is 0.167. The molecule has 2 heterocycles. The van der Waals surface area contributed by atoms with Crippen LogP contribution in [0.15, 0.2) is 24.3 Å². The molecule has 0 fully saturated rings. The normalized spacial score (nSPS) is 11.2. The van der Waals surface area contributed by atoms with Crippen LogP contribution in [0.5, 0.6) is 5.75 Å². The van der Waals surface area contributed by atoms with E-state index in [1.807, 2.05) is 31.2 Å². The SMILES string of the molecule is COc1cccc2c1nc(N)n1nc(C)cc21. The number of aryl methyl sites for hydroxylation is 1. The number of hydrogen-bond acceptors (Lipinski definition) is 4. The first-order valence-electron chi connectivity index (χ1n) is 5.29. The summed E-state index contributed by atoms with van der Waals surface area (Å²) in [6, 6.07) is 7.77.